The van der Waals surface area contributed by atoms with E-state index in [1.165, 1.54) is 29.1 Å². The van der Waals surface area contributed by atoms with Crippen molar-refractivity contribution in [1.29, 1.82) is 0 Å². The van der Waals surface area contributed by atoms with Gasteiger partial charge >= 0.3 is 0 Å². The molecular formula is C30H39N5O5S. The van der Waals surface area contributed by atoms with Crippen molar-refractivity contribution in [3.63, 3.8) is 0 Å². The molecule has 2 saturated heterocycles. The molecule has 0 saturated carbocycles. The van der Waals surface area contributed by atoms with Crippen molar-refractivity contribution in [1.82, 2.24) is 19.3 Å². The topological polar surface area (TPSA) is 118 Å². The first-order valence-electron chi connectivity index (χ1n) is 14.2. The number of methoxy groups -OCH3 is 1. The predicted molar refractivity (Wildman–Crippen MR) is 156 cm³/mol. The van der Waals surface area contributed by atoms with Crippen LogP contribution in [0.15, 0.2) is 51.9 Å². The van der Waals surface area contributed by atoms with Crippen LogP contribution >= 0.6 is 0 Å². The predicted octanol–water partition coefficient (Wildman–Crippen LogP) is 4.68. The van der Waals surface area contributed by atoms with Crippen LogP contribution in [0.4, 0.5) is 5.69 Å². The maximum Gasteiger partial charge on any atom is 0.243 e. The number of hydrogen-bond donors (Lipinski definition) is 1. The van der Waals surface area contributed by atoms with Gasteiger partial charge in [0.2, 0.25) is 27.6 Å². The summed E-state index contributed by atoms with van der Waals surface area (Å²) in [5.41, 5.74) is 2.55. The minimum atomic E-state index is -3.62. The number of carbonyl (C=O) groups is 1. The van der Waals surface area contributed by atoms with Gasteiger partial charge in [-0.05, 0) is 61.4 Å². The van der Waals surface area contributed by atoms with Crippen molar-refractivity contribution in [2.24, 2.45) is 5.92 Å². The Bertz CT molecular complexity index is 1470. The lowest BCUT2D eigenvalue weighted by Gasteiger charge is -2.31. The zero-order valence-electron chi connectivity index (χ0n) is 24.2. The molecule has 2 aliphatic rings. The summed E-state index contributed by atoms with van der Waals surface area (Å²) < 4.78 is 38.6. The van der Waals surface area contributed by atoms with Crippen LogP contribution in [-0.4, -0.2) is 67.0 Å². The van der Waals surface area contributed by atoms with Crippen molar-refractivity contribution in [3.05, 3.63) is 53.9 Å². The zero-order chi connectivity index (χ0) is 29.2. The zero-order valence-corrected chi connectivity index (χ0v) is 25.0. The summed E-state index contributed by atoms with van der Waals surface area (Å²) in [4.78, 5) is 20.2. The van der Waals surface area contributed by atoms with E-state index in [-0.39, 0.29) is 22.1 Å². The second-order valence-electron chi connectivity index (χ2n) is 11.9. The van der Waals surface area contributed by atoms with Crippen molar-refractivity contribution in [3.8, 4) is 17.1 Å². The quantitative estimate of drug-likeness (QED) is 0.408. The van der Waals surface area contributed by atoms with Gasteiger partial charge in [-0.25, -0.2) is 8.42 Å². The molecule has 41 heavy (non-hydrogen) atoms. The number of nitrogens with zero attached hydrogens (tertiary/aromatic N) is 4. The van der Waals surface area contributed by atoms with E-state index in [0.29, 0.717) is 49.3 Å². The molecule has 0 aliphatic carbocycles. The second kappa shape index (κ2) is 11.9. The molecule has 0 spiro atoms. The minimum absolute atomic E-state index is 0.0667. The number of nitrogens with one attached hydrogen (secondary N) is 1. The Kier molecular flexibility index (Phi) is 8.49. The fraction of sp³-hybridized carbons (Fsp3) is 0.500. The molecule has 1 amide bonds. The monoisotopic (exact) mass is 581 g/mol. The first kappa shape index (κ1) is 29.2. The van der Waals surface area contributed by atoms with Crippen molar-refractivity contribution >= 4 is 21.6 Å². The van der Waals surface area contributed by atoms with Gasteiger partial charge in [-0.15, -0.1) is 0 Å². The Labute approximate surface area is 242 Å². The Morgan fingerprint density at radius 1 is 1.07 bits per heavy atom. The molecular weight excluding hydrogens is 542 g/mol. The lowest BCUT2D eigenvalue weighted by molar-refractivity contribution is -0.121. The van der Waals surface area contributed by atoms with Gasteiger partial charge in [0.05, 0.1) is 30.2 Å². The van der Waals surface area contributed by atoms with E-state index in [1.807, 2.05) is 12.1 Å². The van der Waals surface area contributed by atoms with E-state index in [9.17, 15) is 13.2 Å². The molecule has 3 heterocycles. The molecule has 11 heteroatoms. The van der Waals surface area contributed by atoms with Gasteiger partial charge < -0.3 is 14.6 Å². The molecule has 5 rings (SSSR count). The third kappa shape index (κ3) is 6.63. The molecule has 0 radical (unpaired) electrons. The van der Waals surface area contributed by atoms with E-state index >= 15 is 0 Å². The SMILES string of the molecule is COc1ccc(S(=O)(=O)N2CCCC2)cc1NC(=O)C1CCCN(Cc2nc(-c3ccc(C(C)(C)C)cc3)no2)C1. The van der Waals surface area contributed by atoms with Gasteiger partial charge in [0.25, 0.3) is 0 Å². The molecule has 2 aromatic carbocycles. The maximum atomic E-state index is 13.3. The standard InChI is InChI=1S/C30H39N5O5S/c1-30(2,3)23-11-9-21(10-12-23)28-32-27(40-33-28)20-34-15-7-8-22(19-34)29(36)31-25-18-24(13-14-26(25)39-4)41(37,38)35-16-5-6-17-35/h9-14,18,22H,5-8,15-17,19-20H2,1-4H3,(H,31,36). The van der Waals surface area contributed by atoms with Crippen LogP contribution in [0.1, 0.15) is 57.9 Å². The number of rotatable bonds is 8. The summed E-state index contributed by atoms with van der Waals surface area (Å²) in [7, 11) is -2.12. The normalized spacial score (nSPS) is 18.9. The Hall–Kier alpha value is -3.28. The van der Waals surface area contributed by atoms with Crippen molar-refractivity contribution < 1.29 is 22.5 Å². The first-order valence-corrected chi connectivity index (χ1v) is 15.6. The number of aromatic nitrogens is 2. The molecule has 3 aromatic rings. The Morgan fingerprint density at radius 3 is 2.49 bits per heavy atom. The van der Waals surface area contributed by atoms with Crippen LogP contribution in [0.2, 0.25) is 0 Å². The number of anilines is 1. The van der Waals surface area contributed by atoms with Gasteiger partial charge in [0.15, 0.2) is 0 Å². The smallest absolute Gasteiger partial charge is 0.243 e. The molecule has 220 valence electrons. The molecule has 1 N–H and O–H groups in total. The number of ether oxygens (including phenoxy) is 1. The van der Waals surface area contributed by atoms with Crippen LogP contribution in [0, 0.1) is 5.92 Å². The number of likely N-dealkylation sites (tertiary alicyclic amines) is 1. The van der Waals surface area contributed by atoms with Gasteiger partial charge in [-0.3, -0.25) is 9.69 Å². The number of benzene rings is 2. The molecule has 2 aliphatic heterocycles. The number of amides is 1. The van der Waals surface area contributed by atoms with E-state index < -0.39 is 10.0 Å². The highest BCUT2D eigenvalue weighted by molar-refractivity contribution is 7.89. The van der Waals surface area contributed by atoms with Gasteiger partial charge in [0.1, 0.15) is 5.75 Å². The highest BCUT2D eigenvalue weighted by Crippen LogP contribution is 2.31. The maximum absolute atomic E-state index is 13.3. The summed E-state index contributed by atoms with van der Waals surface area (Å²) in [6.45, 7) is 9.34. The largest absolute Gasteiger partial charge is 0.495 e. The minimum Gasteiger partial charge on any atom is -0.495 e. The molecule has 1 atom stereocenters. The summed E-state index contributed by atoms with van der Waals surface area (Å²) in [5, 5.41) is 7.11. The van der Waals surface area contributed by atoms with E-state index in [1.54, 1.807) is 6.07 Å². The molecule has 2 fully saturated rings. The third-order valence-electron chi connectivity index (χ3n) is 7.84. The average molecular weight is 582 g/mol. The Morgan fingerprint density at radius 2 is 1.80 bits per heavy atom. The van der Waals surface area contributed by atoms with Crippen LogP contribution in [0.3, 0.4) is 0 Å². The number of sulfonamides is 1. The van der Waals surface area contributed by atoms with Crippen molar-refractivity contribution in [2.75, 3.05) is 38.6 Å². The van der Waals surface area contributed by atoms with Crippen molar-refractivity contribution in [2.45, 2.75) is 63.3 Å². The summed E-state index contributed by atoms with van der Waals surface area (Å²) >= 11 is 0. The fourth-order valence-corrected chi connectivity index (χ4v) is 6.96. The molecule has 0 bridgehead atoms. The summed E-state index contributed by atoms with van der Waals surface area (Å²) in [6.07, 6.45) is 3.28. The van der Waals surface area contributed by atoms with Crippen LogP contribution in [0.5, 0.6) is 5.75 Å². The van der Waals surface area contributed by atoms with E-state index in [2.05, 4.69) is 53.3 Å². The third-order valence-corrected chi connectivity index (χ3v) is 9.74. The summed E-state index contributed by atoms with van der Waals surface area (Å²) in [6, 6.07) is 12.8. The molecule has 1 unspecified atom stereocenters. The highest BCUT2D eigenvalue weighted by atomic mass is 32.2. The van der Waals surface area contributed by atoms with Gasteiger partial charge in [-0.1, -0.05) is 50.2 Å². The first-order chi connectivity index (χ1) is 19.5. The lowest BCUT2D eigenvalue weighted by Crippen LogP contribution is -2.40. The van der Waals surface area contributed by atoms with E-state index in [4.69, 9.17) is 9.26 Å². The van der Waals surface area contributed by atoms with Gasteiger partial charge in [0, 0.05) is 25.2 Å². The number of hydrogen-bond acceptors (Lipinski definition) is 8. The van der Waals surface area contributed by atoms with Gasteiger partial charge in [-0.2, -0.15) is 9.29 Å². The van der Waals surface area contributed by atoms with Crippen LogP contribution in [0.25, 0.3) is 11.4 Å². The second-order valence-corrected chi connectivity index (χ2v) is 13.8. The fourth-order valence-electron chi connectivity index (χ4n) is 5.42. The van der Waals surface area contributed by atoms with Crippen LogP contribution in [-0.2, 0) is 26.8 Å². The molecule has 1 aromatic heterocycles. The van der Waals surface area contributed by atoms with Crippen LogP contribution < -0.4 is 10.1 Å². The Balaban J connectivity index is 1.23. The number of carbonyl (C=O) groups excluding carboxylic acids is 1. The highest BCUT2D eigenvalue weighted by Gasteiger charge is 2.30. The van der Waals surface area contributed by atoms with E-state index in [0.717, 1.165) is 37.8 Å². The number of piperidine rings is 1. The molecule has 10 nitrogen and oxygen atoms in total. The lowest BCUT2D eigenvalue weighted by atomic mass is 9.87. The average Bonchev–Trinajstić information content (AvgIpc) is 3.66. The summed E-state index contributed by atoms with van der Waals surface area (Å²) in [5.74, 6) is 1.01.